The highest BCUT2D eigenvalue weighted by Crippen LogP contribution is 2.11. The lowest BCUT2D eigenvalue weighted by Gasteiger charge is -2.05. The summed E-state index contributed by atoms with van der Waals surface area (Å²) in [6, 6.07) is 9.36. The van der Waals surface area contributed by atoms with Gasteiger partial charge in [0.05, 0.1) is 29.1 Å². The van der Waals surface area contributed by atoms with E-state index in [4.69, 9.17) is 10.4 Å². The van der Waals surface area contributed by atoms with Crippen molar-refractivity contribution >= 4 is 17.6 Å². The number of nitrogens with zero attached hydrogens (tertiary/aromatic N) is 2. The summed E-state index contributed by atoms with van der Waals surface area (Å²) in [6.07, 6.45) is 2.55. The number of rotatable bonds is 3. The number of anilines is 1. The number of hydrogen-bond donors (Lipinski definition) is 2. The molecule has 0 radical (unpaired) electrons. The predicted octanol–water partition coefficient (Wildman–Crippen LogP) is 1.90. The Morgan fingerprint density at radius 1 is 1.15 bits per heavy atom. The first kappa shape index (κ1) is 13.2. The minimum Gasteiger partial charge on any atom is -0.478 e. The van der Waals surface area contributed by atoms with Crippen LogP contribution in [0, 0.1) is 11.3 Å². The van der Waals surface area contributed by atoms with Crippen molar-refractivity contribution < 1.29 is 14.7 Å². The van der Waals surface area contributed by atoms with E-state index in [9.17, 15) is 9.59 Å². The van der Waals surface area contributed by atoms with Crippen molar-refractivity contribution in [2.75, 3.05) is 5.32 Å². The Morgan fingerprint density at radius 2 is 1.85 bits per heavy atom. The van der Waals surface area contributed by atoms with E-state index in [0.717, 1.165) is 0 Å². The highest BCUT2D eigenvalue weighted by molar-refractivity contribution is 6.04. The van der Waals surface area contributed by atoms with Crippen LogP contribution in [-0.2, 0) is 0 Å². The number of benzene rings is 1. The van der Waals surface area contributed by atoms with Crippen LogP contribution in [0.4, 0.5) is 5.69 Å². The number of nitrogens with one attached hydrogen (secondary N) is 1. The van der Waals surface area contributed by atoms with Crippen LogP contribution in [0.5, 0.6) is 0 Å². The number of carbonyl (C=O) groups excluding carboxylic acids is 1. The Kier molecular flexibility index (Phi) is 3.72. The molecule has 0 aliphatic rings. The minimum absolute atomic E-state index is 0.0115. The van der Waals surface area contributed by atoms with Crippen LogP contribution in [0.25, 0.3) is 0 Å². The molecule has 0 saturated carbocycles. The summed E-state index contributed by atoms with van der Waals surface area (Å²) in [5.74, 6) is -1.52. The zero-order valence-electron chi connectivity index (χ0n) is 10.2. The van der Waals surface area contributed by atoms with Crippen LogP contribution >= 0.6 is 0 Å². The van der Waals surface area contributed by atoms with Gasteiger partial charge in [-0.3, -0.25) is 9.78 Å². The van der Waals surface area contributed by atoms with Gasteiger partial charge in [0.1, 0.15) is 0 Å². The van der Waals surface area contributed by atoms with Crippen molar-refractivity contribution in [2.24, 2.45) is 0 Å². The van der Waals surface area contributed by atoms with E-state index in [2.05, 4.69) is 10.3 Å². The summed E-state index contributed by atoms with van der Waals surface area (Å²) < 4.78 is 0. The molecule has 2 rings (SSSR count). The molecule has 1 amide bonds. The SMILES string of the molecule is N#Cc1ccc(C(=O)Nc2cncc(C(=O)O)c2)cc1. The van der Waals surface area contributed by atoms with Gasteiger partial charge in [0.15, 0.2) is 0 Å². The largest absolute Gasteiger partial charge is 0.478 e. The number of pyridine rings is 1. The average molecular weight is 267 g/mol. The van der Waals surface area contributed by atoms with E-state index >= 15 is 0 Å². The van der Waals surface area contributed by atoms with Gasteiger partial charge in [-0.15, -0.1) is 0 Å². The van der Waals surface area contributed by atoms with E-state index in [1.165, 1.54) is 42.7 Å². The zero-order valence-corrected chi connectivity index (χ0v) is 10.2. The Labute approximate surface area is 114 Å². The van der Waals surface area contributed by atoms with E-state index < -0.39 is 11.9 Å². The number of carboxylic acid groups (broad SMARTS) is 1. The maximum atomic E-state index is 11.9. The fourth-order valence-corrected chi connectivity index (χ4v) is 1.52. The van der Waals surface area contributed by atoms with Gasteiger partial charge in [-0.1, -0.05) is 0 Å². The molecule has 0 bridgehead atoms. The summed E-state index contributed by atoms with van der Waals surface area (Å²) in [5, 5.41) is 20.0. The minimum atomic E-state index is -1.12. The number of amides is 1. The summed E-state index contributed by atoms with van der Waals surface area (Å²) in [6.45, 7) is 0. The third-order valence-electron chi connectivity index (χ3n) is 2.52. The molecule has 0 spiro atoms. The third kappa shape index (κ3) is 2.97. The molecule has 0 atom stereocenters. The third-order valence-corrected chi connectivity index (χ3v) is 2.52. The quantitative estimate of drug-likeness (QED) is 0.884. The lowest BCUT2D eigenvalue weighted by molar-refractivity contribution is 0.0696. The molecule has 0 saturated heterocycles. The molecule has 6 nitrogen and oxygen atoms in total. The van der Waals surface area contributed by atoms with Crippen LogP contribution in [0.15, 0.2) is 42.7 Å². The maximum Gasteiger partial charge on any atom is 0.337 e. The fraction of sp³-hybridized carbons (Fsp3) is 0. The second-order valence-electron chi connectivity index (χ2n) is 3.91. The fourth-order valence-electron chi connectivity index (χ4n) is 1.52. The summed E-state index contributed by atoms with van der Waals surface area (Å²) >= 11 is 0. The number of carboxylic acids is 1. The lowest BCUT2D eigenvalue weighted by Crippen LogP contribution is -2.12. The molecule has 0 fully saturated rings. The number of aromatic carboxylic acids is 1. The monoisotopic (exact) mass is 267 g/mol. The van der Waals surface area contributed by atoms with Gasteiger partial charge in [0.25, 0.3) is 5.91 Å². The van der Waals surface area contributed by atoms with Crippen molar-refractivity contribution in [2.45, 2.75) is 0 Å². The van der Waals surface area contributed by atoms with Gasteiger partial charge in [0, 0.05) is 11.8 Å². The van der Waals surface area contributed by atoms with Crippen LogP contribution in [0.3, 0.4) is 0 Å². The Bertz CT molecular complexity index is 702. The van der Waals surface area contributed by atoms with Crippen molar-refractivity contribution in [3.05, 3.63) is 59.4 Å². The molecule has 2 aromatic rings. The van der Waals surface area contributed by atoms with Gasteiger partial charge in [-0.05, 0) is 30.3 Å². The maximum absolute atomic E-state index is 11.9. The normalized spacial score (nSPS) is 9.55. The van der Waals surface area contributed by atoms with Crippen molar-refractivity contribution in [3.8, 4) is 6.07 Å². The smallest absolute Gasteiger partial charge is 0.337 e. The van der Waals surface area contributed by atoms with E-state index in [1.807, 2.05) is 6.07 Å². The molecule has 98 valence electrons. The molecule has 0 unspecified atom stereocenters. The molecular weight excluding hydrogens is 258 g/mol. The summed E-state index contributed by atoms with van der Waals surface area (Å²) in [7, 11) is 0. The molecular formula is C14H9N3O3. The van der Waals surface area contributed by atoms with Crippen LogP contribution < -0.4 is 5.32 Å². The second-order valence-corrected chi connectivity index (χ2v) is 3.91. The van der Waals surface area contributed by atoms with E-state index in [-0.39, 0.29) is 5.56 Å². The Balaban J connectivity index is 2.17. The predicted molar refractivity (Wildman–Crippen MR) is 70.3 cm³/mol. The summed E-state index contributed by atoms with van der Waals surface area (Å²) in [5.41, 5.74) is 1.10. The molecule has 2 N–H and O–H groups in total. The standard InChI is InChI=1S/C14H9N3O3/c15-6-9-1-3-10(4-2-9)13(18)17-12-5-11(14(19)20)7-16-8-12/h1-5,7-8H,(H,17,18)(H,19,20). The first-order valence-corrected chi connectivity index (χ1v) is 5.60. The second kappa shape index (κ2) is 5.63. The average Bonchev–Trinajstić information content (AvgIpc) is 2.47. The molecule has 0 aliphatic heterocycles. The summed E-state index contributed by atoms with van der Waals surface area (Å²) in [4.78, 5) is 26.5. The van der Waals surface area contributed by atoms with Gasteiger partial charge in [-0.2, -0.15) is 5.26 Å². The van der Waals surface area contributed by atoms with Gasteiger partial charge in [-0.25, -0.2) is 4.79 Å². The molecule has 1 heterocycles. The molecule has 6 heteroatoms. The van der Waals surface area contributed by atoms with Crippen LogP contribution in [0.1, 0.15) is 26.3 Å². The van der Waals surface area contributed by atoms with Crippen molar-refractivity contribution in [1.29, 1.82) is 5.26 Å². The Hall–Kier alpha value is -3.20. The van der Waals surface area contributed by atoms with Crippen molar-refractivity contribution in [1.82, 2.24) is 4.98 Å². The number of carbonyl (C=O) groups is 2. The Morgan fingerprint density at radius 3 is 2.45 bits per heavy atom. The van der Waals surface area contributed by atoms with Crippen LogP contribution in [0.2, 0.25) is 0 Å². The van der Waals surface area contributed by atoms with Gasteiger partial charge in [0.2, 0.25) is 0 Å². The molecule has 0 aliphatic carbocycles. The molecule has 20 heavy (non-hydrogen) atoms. The number of hydrogen-bond acceptors (Lipinski definition) is 4. The zero-order chi connectivity index (χ0) is 14.5. The lowest BCUT2D eigenvalue weighted by atomic mass is 10.1. The van der Waals surface area contributed by atoms with E-state index in [0.29, 0.717) is 16.8 Å². The number of nitriles is 1. The highest BCUT2D eigenvalue weighted by Gasteiger charge is 2.09. The van der Waals surface area contributed by atoms with Gasteiger partial charge < -0.3 is 10.4 Å². The number of aromatic nitrogens is 1. The molecule has 1 aromatic heterocycles. The first-order chi connectivity index (χ1) is 9.60. The topological polar surface area (TPSA) is 103 Å². The van der Waals surface area contributed by atoms with Crippen molar-refractivity contribution in [3.63, 3.8) is 0 Å². The van der Waals surface area contributed by atoms with Gasteiger partial charge >= 0.3 is 5.97 Å². The molecule has 1 aromatic carbocycles. The highest BCUT2D eigenvalue weighted by atomic mass is 16.4. The van der Waals surface area contributed by atoms with Crippen LogP contribution in [-0.4, -0.2) is 22.0 Å². The van der Waals surface area contributed by atoms with E-state index in [1.54, 1.807) is 0 Å². The first-order valence-electron chi connectivity index (χ1n) is 5.60.